The first-order chi connectivity index (χ1) is 12.8. The molecule has 0 unspecified atom stereocenters. The first-order valence-electron chi connectivity index (χ1n) is 9.46. The van der Waals surface area contributed by atoms with Gasteiger partial charge < -0.3 is 14.5 Å². The minimum Gasteiger partial charge on any atom is -0.369 e. The van der Waals surface area contributed by atoms with Crippen LogP contribution >= 0.6 is 22.7 Å². The minimum absolute atomic E-state index is 0.199. The van der Waals surface area contributed by atoms with E-state index in [2.05, 4.69) is 16.0 Å². The molecule has 0 bridgehead atoms. The summed E-state index contributed by atoms with van der Waals surface area (Å²) in [6, 6.07) is 2.15. The molecule has 2 aromatic heterocycles. The Morgan fingerprint density at radius 3 is 2.73 bits per heavy atom. The van der Waals surface area contributed by atoms with Crippen LogP contribution in [0.25, 0.3) is 0 Å². The van der Waals surface area contributed by atoms with Crippen LogP contribution in [0.4, 0.5) is 5.13 Å². The van der Waals surface area contributed by atoms with Crippen LogP contribution in [-0.2, 0) is 16.8 Å². The SMILES string of the molecule is O=C(c1cc2c(s1)C1(CCN(c3nccs3)CC1)OCC2)N1CCCC1. The van der Waals surface area contributed by atoms with Gasteiger partial charge in [0.05, 0.1) is 11.5 Å². The van der Waals surface area contributed by atoms with Crippen LogP contribution in [-0.4, -0.2) is 48.6 Å². The second-order valence-electron chi connectivity index (χ2n) is 7.36. The smallest absolute Gasteiger partial charge is 0.263 e. The zero-order valence-electron chi connectivity index (χ0n) is 14.8. The zero-order valence-corrected chi connectivity index (χ0v) is 16.4. The monoisotopic (exact) mass is 389 g/mol. The molecule has 5 heterocycles. The Bertz CT molecular complexity index is 788. The molecule has 0 N–H and O–H groups in total. The van der Waals surface area contributed by atoms with Gasteiger partial charge in [-0.1, -0.05) is 0 Å². The number of anilines is 1. The number of amides is 1. The van der Waals surface area contributed by atoms with Crippen molar-refractivity contribution in [2.45, 2.75) is 37.7 Å². The average Bonchev–Trinajstić information content (AvgIpc) is 3.42. The van der Waals surface area contributed by atoms with Crippen molar-refractivity contribution in [2.75, 3.05) is 37.7 Å². The summed E-state index contributed by atoms with van der Waals surface area (Å²) in [5.41, 5.74) is 1.14. The first kappa shape index (κ1) is 16.7. The Morgan fingerprint density at radius 1 is 1.19 bits per heavy atom. The van der Waals surface area contributed by atoms with Gasteiger partial charge in [0.15, 0.2) is 5.13 Å². The third-order valence-electron chi connectivity index (χ3n) is 5.84. The average molecular weight is 390 g/mol. The number of likely N-dealkylation sites (tertiary alicyclic amines) is 1. The van der Waals surface area contributed by atoms with Gasteiger partial charge in [0.1, 0.15) is 5.60 Å². The molecule has 2 fully saturated rings. The fraction of sp³-hybridized carbons (Fsp3) is 0.579. The predicted molar refractivity (Wildman–Crippen MR) is 104 cm³/mol. The van der Waals surface area contributed by atoms with E-state index in [1.54, 1.807) is 22.7 Å². The van der Waals surface area contributed by atoms with Crippen molar-refractivity contribution in [1.29, 1.82) is 0 Å². The maximum atomic E-state index is 12.8. The molecule has 0 radical (unpaired) electrons. The zero-order chi connectivity index (χ0) is 17.6. The number of fused-ring (bicyclic) bond motifs is 2. The normalized spacial score (nSPS) is 22.0. The van der Waals surface area contributed by atoms with Crippen molar-refractivity contribution in [3.8, 4) is 0 Å². The molecule has 1 amide bonds. The summed E-state index contributed by atoms with van der Waals surface area (Å²) in [5.74, 6) is 0.220. The van der Waals surface area contributed by atoms with Crippen molar-refractivity contribution < 1.29 is 9.53 Å². The van der Waals surface area contributed by atoms with Crippen LogP contribution in [0, 0.1) is 0 Å². The number of hydrogen-bond acceptors (Lipinski definition) is 6. The second-order valence-corrected chi connectivity index (χ2v) is 9.28. The van der Waals surface area contributed by atoms with Gasteiger partial charge in [0, 0.05) is 42.6 Å². The highest BCUT2D eigenvalue weighted by molar-refractivity contribution is 7.14. The van der Waals surface area contributed by atoms with E-state index in [1.807, 2.05) is 16.5 Å². The van der Waals surface area contributed by atoms with Gasteiger partial charge in [-0.3, -0.25) is 4.79 Å². The van der Waals surface area contributed by atoms with Gasteiger partial charge in [0.2, 0.25) is 0 Å². The highest BCUT2D eigenvalue weighted by Crippen LogP contribution is 2.46. The van der Waals surface area contributed by atoms with Crippen molar-refractivity contribution in [1.82, 2.24) is 9.88 Å². The third kappa shape index (κ3) is 2.77. The lowest BCUT2D eigenvalue weighted by Gasteiger charge is -2.43. The number of thiophene rings is 1. The third-order valence-corrected chi connectivity index (χ3v) is 8.02. The number of thiazole rings is 1. The molecule has 0 aromatic carbocycles. The van der Waals surface area contributed by atoms with Crippen LogP contribution in [0.5, 0.6) is 0 Å². The standard InChI is InChI=1S/C19H23N3O2S2/c23-17(21-7-1-2-8-21)15-13-14-3-11-24-19(16(14)26-15)4-9-22(10-5-19)18-20-6-12-25-18/h6,12-13H,1-5,7-11H2. The van der Waals surface area contributed by atoms with Crippen molar-refractivity contribution in [3.63, 3.8) is 0 Å². The van der Waals surface area contributed by atoms with Gasteiger partial charge in [-0.2, -0.15) is 0 Å². The number of ether oxygens (including phenoxy) is 1. The van der Waals surface area contributed by atoms with E-state index in [4.69, 9.17) is 4.74 Å². The Kier molecular flexibility index (Phi) is 4.26. The van der Waals surface area contributed by atoms with E-state index < -0.39 is 0 Å². The topological polar surface area (TPSA) is 45.7 Å². The predicted octanol–water partition coefficient (Wildman–Crippen LogP) is 3.51. The number of hydrogen-bond donors (Lipinski definition) is 0. The molecule has 3 aliphatic rings. The summed E-state index contributed by atoms with van der Waals surface area (Å²) in [4.78, 5) is 23.9. The van der Waals surface area contributed by atoms with Gasteiger partial charge in [0.25, 0.3) is 5.91 Å². The molecule has 1 spiro atoms. The Hall–Kier alpha value is -1.44. The van der Waals surface area contributed by atoms with E-state index in [0.717, 1.165) is 74.9 Å². The summed E-state index contributed by atoms with van der Waals surface area (Å²) in [7, 11) is 0. The summed E-state index contributed by atoms with van der Waals surface area (Å²) >= 11 is 3.39. The molecule has 5 rings (SSSR count). The molecule has 138 valence electrons. The van der Waals surface area contributed by atoms with E-state index in [1.165, 1.54) is 10.4 Å². The van der Waals surface area contributed by atoms with E-state index in [0.29, 0.717) is 0 Å². The Morgan fingerprint density at radius 2 is 2.00 bits per heavy atom. The molecule has 0 aliphatic carbocycles. The summed E-state index contributed by atoms with van der Waals surface area (Å²) in [5, 5.41) is 3.14. The number of carbonyl (C=O) groups is 1. The largest absolute Gasteiger partial charge is 0.369 e. The fourth-order valence-corrected chi connectivity index (χ4v) is 6.48. The second kappa shape index (κ2) is 6.62. The summed E-state index contributed by atoms with van der Waals surface area (Å²) in [6.07, 6.45) is 7.01. The van der Waals surface area contributed by atoms with Crippen molar-refractivity contribution in [2.24, 2.45) is 0 Å². The number of nitrogens with zero attached hydrogens (tertiary/aromatic N) is 3. The molecule has 2 saturated heterocycles. The molecular weight excluding hydrogens is 366 g/mol. The number of piperidine rings is 1. The number of aromatic nitrogens is 1. The quantitative estimate of drug-likeness (QED) is 0.789. The molecule has 2 aromatic rings. The fourth-order valence-electron chi connectivity index (χ4n) is 4.41. The van der Waals surface area contributed by atoms with Crippen molar-refractivity contribution >= 4 is 33.7 Å². The molecule has 3 aliphatic heterocycles. The molecule has 0 saturated carbocycles. The van der Waals surface area contributed by atoms with E-state index in [9.17, 15) is 4.79 Å². The Labute approximate surface area is 161 Å². The maximum absolute atomic E-state index is 12.8. The van der Waals surface area contributed by atoms with Crippen LogP contribution in [0.3, 0.4) is 0 Å². The highest BCUT2D eigenvalue weighted by atomic mass is 32.1. The highest BCUT2D eigenvalue weighted by Gasteiger charge is 2.43. The molecule has 26 heavy (non-hydrogen) atoms. The lowest BCUT2D eigenvalue weighted by molar-refractivity contribution is -0.0735. The maximum Gasteiger partial charge on any atom is 0.263 e. The van der Waals surface area contributed by atoms with Gasteiger partial charge >= 0.3 is 0 Å². The van der Waals surface area contributed by atoms with E-state index in [-0.39, 0.29) is 11.5 Å². The van der Waals surface area contributed by atoms with Crippen LogP contribution in [0.15, 0.2) is 17.6 Å². The molecule has 7 heteroatoms. The van der Waals surface area contributed by atoms with Crippen LogP contribution < -0.4 is 4.90 Å². The van der Waals surface area contributed by atoms with Gasteiger partial charge in [-0.05, 0) is 43.7 Å². The number of carbonyl (C=O) groups excluding carboxylic acids is 1. The van der Waals surface area contributed by atoms with E-state index >= 15 is 0 Å². The summed E-state index contributed by atoms with van der Waals surface area (Å²) in [6.45, 7) is 4.50. The van der Waals surface area contributed by atoms with Gasteiger partial charge in [-0.25, -0.2) is 4.98 Å². The lowest BCUT2D eigenvalue weighted by atomic mass is 9.85. The first-order valence-corrected chi connectivity index (χ1v) is 11.2. The minimum atomic E-state index is -0.199. The number of rotatable bonds is 2. The van der Waals surface area contributed by atoms with Crippen LogP contribution in [0.1, 0.15) is 45.8 Å². The van der Waals surface area contributed by atoms with Crippen molar-refractivity contribution in [3.05, 3.63) is 33.0 Å². The summed E-state index contributed by atoms with van der Waals surface area (Å²) < 4.78 is 6.36. The molecule has 0 atom stereocenters. The van der Waals surface area contributed by atoms with Gasteiger partial charge in [-0.15, -0.1) is 22.7 Å². The molecular formula is C19H23N3O2S2. The molecule has 5 nitrogen and oxygen atoms in total. The lowest BCUT2D eigenvalue weighted by Crippen LogP contribution is -2.46. The Balaban J connectivity index is 1.39. The van der Waals surface area contributed by atoms with Crippen LogP contribution in [0.2, 0.25) is 0 Å².